The highest BCUT2D eigenvalue weighted by Gasteiger charge is 2.07. The first kappa shape index (κ1) is 14.2. The largest absolute Gasteiger partial charge is 0.263 e. The molecule has 0 spiro atoms. The van der Waals surface area contributed by atoms with Gasteiger partial charge in [-0.25, -0.2) is 0 Å². The zero-order valence-corrected chi connectivity index (χ0v) is 10.7. The van der Waals surface area contributed by atoms with Gasteiger partial charge in [0, 0.05) is 11.4 Å². The van der Waals surface area contributed by atoms with Crippen LogP contribution in [0.3, 0.4) is 0 Å². The Bertz CT molecular complexity index is 236. The normalized spacial score (nSPS) is 14.5. The third-order valence-electron chi connectivity index (χ3n) is 2.64. The Labute approximate surface area is 95.0 Å². The Kier molecular flexibility index (Phi) is 7.98. The molecule has 0 saturated heterocycles. The van der Waals surface area contributed by atoms with Crippen molar-refractivity contribution in [3.05, 3.63) is 24.4 Å². The Hall–Kier alpha value is -0.850. The van der Waals surface area contributed by atoms with Crippen LogP contribution in [0.2, 0.25) is 0 Å². The third-order valence-corrected chi connectivity index (χ3v) is 2.64. The smallest absolute Gasteiger partial charge is 0.0328 e. The van der Waals surface area contributed by atoms with Crippen molar-refractivity contribution in [3.63, 3.8) is 0 Å². The van der Waals surface area contributed by atoms with Gasteiger partial charge >= 0.3 is 0 Å². The van der Waals surface area contributed by atoms with Crippen molar-refractivity contribution in [1.29, 1.82) is 0 Å². The van der Waals surface area contributed by atoms with E-state index >= 15 is 0 Å². The van der Waals surface area contributed by atoms with Gasteiger partial charge in [0.05, 0.1) is 0 Å². The van der Waals surface area contributed by atoms with Crippen molar-refractivity contribution < 1.29 is 0 Å². The summed E-state index contributed by atoms with van der Waals surface area (Å²) in [6, 6.07) is 0. The topological polar surface area (TPSA) is 12.4 Å². The van der Waals surface area contributed by atoms with Gasteiger partial charge in [0.2, 0.25) is 0 Å². The van der Waals surface area contributed by atoms with Crippen LogP contribution in [0, 0.1) is 5.92 Å². The number of hydrogen-bond acceptors (Lipinski definition) is 1. The molecule has 0 amide bonds. The highest BCUT2D eigenvalue weighted by Crippen LogP contribution is 2.13. The summed E-state index contributed by atoms with van der Waals surface area (Å²) < 4.78 is 0. The summed E-state index contributed by atoms with van der Waals surface area (Å²) in [5, 5.41) is 0. The maximum atomic E-state index is 4.59. The minimum atomic E-state index is 0.578. The average Bonchev–Trinajstić information content (AvgIpc) is 2.25. The van der Waals surface area contributed by atoms with Crippen molar-refractivity contribution in [2.45, 2.75) is 53.4 Å². The van der Waals surface area contributed by atoms with Crippen LogP contribution in [0.25, 0.3) is 0 Å². The quantitative estimate of drug-likeness (QED) is 0.422. The highest BCUT2D eigenvalue weighted by atomic mass is 14.8. The van der Waals surface area contributed by atoms with Gasteiger partial charge in [-0.1, -0.05) is 39.5 Å². The Morgan fingerprint density at radius 3 is 2.47 bits per heavy atom. The number of nitrogens with zero attached hydrogens (tertiary/aromatic N) is 1. The van der Waals surface area contributed by atoms with Crippen LogP contribution in [0.1, 0.15) is 53.4 Å². The molecule has 0 aliphatic rings. The summed E-state index contributed by atoms with van der Waals surface area (Å²) >= 11 is 0. The van der Waals surface area contributed by atoms with Crippen molar-refractivity contribution in [2.75, 3.05) is 0 Å². The first-order valence-electron chi connectivity index (χ1n) is 6.02. The number of rotatable bonds is 7. The molecule has 0 aliphatic carbocycles. The molecular weight excluding hydrogens is 182 g/mol. The van der Waals surface area contributed by atoms with E-state index < -0.39 is 0 Å². The van der Waals surface area contributed by atoms with Gasteiger partial charge in [0.15, 0.2) is 0 Å². The fraction of sp³-hybridized carbons (Fsp3) is 0.643. The SMILES string of the molecule is C=C(CC)/N=C(\CC)C(C)CC/C=C\C. The van der Waals surface area contributed by atoms with Crippen molar-refractivity contribution in [1.82, 2.24) is 0 Å². The van der Waals surface area contributed by atoms with Gasteiger partial charge in [-0.15, -0.1) is 0 Å². The summed E-state index contributed by atoms with van der Waals surface area (Å²) in [6.07, 6.45) is 8.66. The molecular formula is C14H25N. The second kappa shape index (κ2) is 8.46. The molecule has 1 atom stereocenters. The highest BCUT2D eigenvalue weighted by molar-refractivity contribution is 5.87. The van der Waals surface area contributed by atoms with Gasteiger partial charge < -0.3 is 0 Å². The van der Waals surface area contributed by atoms with Crippen LogP contribution < -0.4 is 0 Å². The zero-order chi connectivity index (χ0) is 11.7. The number of allylic oxidation sites excluding steroid dienone is 3. The van der Waals surface area contributed by atoms with Crippen LogP contribution in [0.5, 0.6) is 0 Å². The zero-order valence-electron chi connectivity index (χ0n) is 10.7. The minimum Gasteiger partial charge on any atom is -0.263 e. The molecule has 0 radical (unpaired) electrons. The molecule has 15 heavy (non-hydrogen) atoms. The lowest BCUT2D eigenvalue weighted by molar-refractivity contribution is 0.681. The molecule has 1 unspecified atom stereocenters. The summed E-state index contributed by atoms with van der Waals surface area (Å²) in [5.74, 6) is 0.578. The summed E-state index contributed by atoms with van der Waals surface area (Å²) in [4.78, 5) is 4.59. The molecule has 0 heterocycles. The van der Waals surface area contributed by atoms with Crippen LogP contribution >= 0.6 is 0 Å². The van der Waals surface area contributed by atoms with Crippen LogP contribution in [0.15, 0.2) is 29.4 Å². The van der Waals surface area contributed by atoms with Crippen molar-refractivity contribution in [3.8, 4) is 0 Å². The molecule has 0 bridgehead atoms. The summed E-state index contributed by atoms with van der Waals surface area (Å²) in [7, 11) is 0. The van der Waals surface area contributed by atoms with Crippen LogP contribution in [-0.2, 0) is 0 Å². The van der Waals surface area contributed by atoms with E-state index in [2.05, 4.69) is 51.4 Å². The van der Waals surface area contributed by atoms with Gasteiger partial charge in [0.25, 0.3) is 0 Å². The Balaban J connectivity index is 4.26. The Morgan fingerprint density at radius 2 is 2.00 bits per heavy atom. The van der Waals surface area contributed by atoms with E-state index in [0.717, 1.165) is 25.0 Å². The van der Waals surface area contributed by atoms with E-state index in [1.807, 2.05) is 0 Å². The van der Waals surface area contributed by atoms with Gasteiger partial charge in [-0.3, -0.25) is 4.99 Å². The molecule has 0 fully saturated rings. The predicted octanol–water partition coefficient (Wildman–Crippen LogP) is 4.75. The van der Waals surface area contributed by atoms with Crippen molar-refractivity contribution in [2.24, 2.45) is 10.9 Å². The molecule has 0 rings (SSSR count). The molecule has 0 aromatic rings. The van der Waals surface area contributed by atoms with E-state index in [0.29, 0.717) is 5.92 Å². The summed E-state index contributed by atoms with van der Waals surface area (Å²) in [6.45, 7) is 12.5. The van der Waals surface area contributed by atoms with E-state index in [-0.39, 0.29) is 0 Å². The van der Waals surface area contributed by atoms with Gasteiger partial charge in [-0.2, -0.15) is 0 Å². The lowest BCUT2D eigenvalue weighted by Gasteiger charge is -2.12. The second-order valence-electron chi connectivity index (χ2n) is 3.92. The molecule has 86 valence electrons. The molecule has 0 aromatic heterocycles. The first-order valence-corrected chi connectivity index (χ1v) is 6.02. The van der Waals surface area contributed by atoms with Crippen LogP contribution in [-0.4, -0.2) is 5.71 Å². The first-order chi connectivity index (χ1) is 7.15. The van der Waals surface area contributed by atoms with Crippen LogP contribution in [0.4, 0.5) is 0 Å². The predicted molar refractivity (Wildman–Crippen MR) is 70.4 cm³/mol. The molecule has 1 nitrogen and oxygen atoms in total. The van der Waals surface area contributed by atoms with E-state index in [1.54, 1.807) is 0 Å². The molecule has 1 heteroatoms. The second-order valence-corrected chi connectivity index (χ2v) is 3.92. The van der Waals surface area contributed by atoms with Gasteiger partial charge in [-0.05, 0) is 38.5 Å². The van der Waals surface area contributed by atoms with Gasteiger partial charge in [0.1, 0.15) is 0 Å². The maximum absolute atomic E-state index is 4.59. The molecule has 0 aliphatic heterocycles. The fourth-order valence-corrected chi connectivity index (χ4v) is 1.50. The van der Waals surface area contributed by atoms with E-state index in [4.69, 9.17) is 0 Å². The standard InChI is InChI=1S/C14H25N/c1-6-9-10-11-12(4)14(8-3)15-13(5)7-2/h6,9,12H,5,7-8,10-11H2,1-4H3/b9-6-,15-14+. The minimum absolute atomic E-state index is 0.578. The van der Waals surface area contributed by atoms with Crippen molar-refractivity contribution >= 4 is 5.71 Å². The number of hydrogen-bond donors (Lipinski definition) is 0. The summed E-state index contributed by atoms with van der Waals surface area (Å²) in [5.41, 5.74) is 2.30. The number of aliphatic imine (C=N–C) groups is 1. The molecule has 0 aromatic carbocycles. The monoisotopic (exact) mass is 207 g/mol. The Morgan fingerprint density at radius 1 is 1.33 bits per heavy atom. The van der Waals surface area contributed by atoms with E-state index in [9.17, 15) is 0 Å². The molecule has 0 saturated carbocycles. The van der Waals surface area contributed by atoms with E-state index in [1.165, 1.54) is 12.1 Å². The lowest BCUT2D eigenvalue weighted by Crippen LogP contribution is -2.10. The molecule has 0 N–H and O–H groups in total. The lowest BCUT2D eigenvalue weighted by atomic mass is 9.97. The fourth-order valence-electron chi connectivity index (χ4n) is 1.50. The third kappa shape index (κ3) is 6.27. The average molecular weight is 207 g/mol. The maximum Gasteiger partial charge on any atom is 0.0328 e.